The van der Waals surface area contributed by atoms with Crippen molar-refractivity contribution in [1.82, 2.24) is 4.90 Å². The van der Waals surface area contributed by atoms with Gasteiger partial charge in [-0.2, -0.15) is 0 Å². The first-order chi connectivity index (χ1) is 13.8. The fourth-order valence-electron chi connectivity index (χ4n) is 3.66. The number of carbonyl (C=O) groups is 2. The lowest BCUT2D eigenvalue weighted by Crippen LogP contribution is -2.42. The summed E-state index contributed by atoms with van der Waals surface area (Å²) in [7, 11) is 1.50. The summed E-state index contributed by atoms with van der Waals surface area (Å²) < 4.78 is 24.7. The van der Waals surface area contributed by atoms with E-state index in [0.29, 0.717) is 35.8 Å². The normalized spacial score (nSPS) is 18.4. The van der Waals surface area contributed by atoms with Crippen LogP contribution in [0.4, 0.5) is 4.39 Å². The highest BCUT2D eigenvalue weighted by atomic mass is 35.5. The first-order valence-corrected chi connectivity index (χ1v) is 9.56. The zero-order valence-electron chi connectivity index (χ0n) is 16.2. The van der Waals surface area contributed by atoms with Gasteiger partial charge in [0.1, 0.15) is 11.7 Å². The molecule has 0 saturated heterocycles. The number of ether oxygens (including phenoxy) is 2. The summed E-state index contributed by atoms with van der Waals surface area (Å²) in [6.45, 7) is 4.30. The molecule has 0 bridgehead atoms. The Labute approximate surface area is 172 Å². The average molecular weight is 422 g/mol. The highest BCUT2D eigenvalue weighted by Crippen LogP contribution is 2.47. The predicted molar refractivity (Wildman–Crippen MR) is 105 cm³/mol. The van der Waals surface area contributed by atoms with Gasteiger partial charge >= 0.3 is 5.97 Å². The van der Waals surface area contributed by atoms with E-state index in [1.165, 1.54) is 36.2 Å². The summed E-state index contributed by atoms with van der Waals surface area (Å²) in [5, 5.41) is 10.1. The lowest BCUT2D eigenvalue weighted by molar-refractivity contribution is -0.140. The number of nitrogens with zero attached hydrogens (tertiary/aromatic N) is 1. The van der Waals surface area contributed by atoms with Crippen LogP contribution in [0, 0.1) is 5.82 Å². The Bertz CT molecular complexity index is 964. The molecule has 0 unspecified atom stereocenters. The number of likely N-dealkylation sites (N-methyl/N-ethyl adjacent to an activating group) is 1. The molecule has 1 aliphatic heterocycles. The number of aliphatic carboxylic acids is 1. The second-order valence-electron chi connectivity index (χ2n) is 6.59. The van der Waals surface area contributed by atoms with Crippen LogP contribution < -0.4 is 9.47 Å². The second-order valence-corrected chi connectivity index (χ2v) is 7.00. The van der Waals surface area contributed by atoms with Crippen molar-refractivity contribution >= 4 is 23.5 Å². The molecule has 0 aliphatic carbocycles. The maximum atomic E-state index is 13.5. The zero-order chi connectivity index (χ0) is 21.3. The molecule has 0 saturated carbocycles. The quantitative estimate of drug-likeness (QED) is 0.753. The van der Waals surface area contributed by atoms with E-state index < -0.39 is 23.7 Å². The summed E-state index contributed by atoms with van der Waals surface area (Å²) in [6, 6.07) is 5.85. The largest absolute Gasteiger partial charge is 0.490 e. The SMILES string of the molecule is CCOc1cc2c(cc1OCC)[C@@H](C(=O)O)[C@H](c1ccc(F)cc1Cl)N(C)C2=O. The third kappa shape index (κ3) is 3.74. The number of amides is 1. The van der Waals surface area contributed by atoms with Crippen molar-refractivity contribution in [2.75, 3.05) is 20.3 Å². The van der Waals surface area contributed by atoms with Gasteiger partial charge in [-0.25, -0.2) is 4.39 Å². The molecule has 29 heavy (non-hydrogen) atoms. The van der Waals surface area contributed by atoms with Gasteiger partial charge < -0.3 is 19.5 Å². The van der Waals surface area contributed by atoms with Crippen LogP contribution >= 0.6 is 11.6 Å². The van der Waals surface area contributed by atoms with Crippen molar-refractivity contribution < 1.29 is 28.6 Å². The van der Waals surface area contributed by atoms with Crippen molar-refractivity contribution in [3.05, 3.63) is 57.9 Å². The van der Waals surface area contributed by atoms with Crippen LogP contribution in [0.1, 0.15) is 47.3 Å². The smallest absolute Gasteiger partial charge is 0.313 e. The number of carboxylic acids is 1. The van der Waals surface area contributed by atoms with E-state index in [4.69, 9.17) is 21.1 Å². The number of benzene rings is 2. The van der Waals surface area contributed by atoms with Gasteiger partial charge in [-0.15, -0.1) is 0 Å². The van der Waals surface area contributed by atoms with Gasteiger partial charge in [0, 0.05) is 17.6 Å². The van der Waals surface area contributed by atoms with Gasteiger partial charge in [-0.1, -0.05) is 17.7 Å². The molecule has 1 aliphatic rings. The third-order valence-corrected chi connectivity index (χ3v) is 5.21. The lowest BCUT2D eigenvalue weighted by atomic mass is 9.79. The monoisotopic (exact) mass is 421 g/mol. The molecule has 0 spiro atoms. The maximum absolute atomic E-state index is 13.5. The molecule has 1 heterocycles. The molecule has 2 aromatic carbocycles. The second kappa shape index (κ2) is 8.29. The van der Waals surface area contributed by atoms with Crippen LogP contribution in [0.25, 0.3) is 0 Å². The molecule has 1 N–H and O–H groups in total. The molecule has 6 nitrogen and oxygen atoms in total. The molecule has 8 heteroatoms. The molecule has 0 radical (unpaired) electrons. The molecule has 1 amide bonds. The molecular weight excluding hydrogens is 401 g/mol. The zero-order valence-corrected chi connectivity index (χ0v) is 17.0. The van der Waals surface area contributed by atoms with E-state index in [1.807, 2.05) is 0 Å². The standard InChI is InChI=1S/C21H21ClFNO5/c1-4-28-16-9-13-14(10-17(16)29-5-2)20(25)24(3)19(18(13)21(26)27)12-7-6-11(23)8-15(12)22/h6-10,18-19H,4-5H2,1-3H3,(H,26,27)/t18-,19+/m1/s1. The minimum absolute atomic E-state index is 0.0559. The summed E-state index contributed by atoms with van der Waals surface area (Å²) >= 11 is 6.20. The van der Waals surface area contributed by atoms with Crippen molar-refractivity contribution in [2.24, 2.45) is 0 Å². The Morgan fingerprint density at radius 3 is 2.31 bits per heavy atom. The number of carboxylic acid groups (broad SMARTS) is 1. The summed E-state index contributed by atoms with van der Waals surface area (Å²) in [4.78, 5) is 26.7. The van der Waals surface area contributed by atoms with Crippen LogP contribution in [0.15, 0.2) is 30.3 Å². The van der Waals surface area contributed by atoms with Crippen LogP contribution in [0.3, 0.4) is 0 Å². The van der Waals surface area contributed by atoms with Crippen molar-refractivity contribution in [1.29, 1.82) is 0 Å². The van der Waals surface area contributed by atoms with Crippen molar-refractivity contribution in [3.63, 3.8) is 0 Å². The van der Waals surface area contributed by atoms with Gasteiger partial charge in [0.15, 0.2) is 11.5 Å². The van der Waals surface area contributed by atoms with Crippen LogP contribution in [0.2, 0.25) is 5.02 Å². The summed E-state index contributed by atoms with van der Waals surface area (Å²) in [5.41, 5.74) is 0.882. The number of hydrogen-bond donors (Lipinski definition) is 1. The lowest BCUT2D eigenvalue weighted by Gasteiger charge is -2.39. The molecular formula is C21H21ClFNO5. The Hall–Kier alpha value is -2.80. The van der Waals surface area contributed by atoms with E-state index in [9.17, 15) is 19.1 Å². The van der Waals surface area contributed by atoms with Crippen LogP contribution in [-0.4, -0.2) is 42.1 Å². The molecule has 154 valence electrons. The Balaban J connectivity index is 2.23. The van der Waals surface area contributed by atoms with Crippen LogP contribution in [-0.2, 0) is 4.79 Å². The average Bonchev–Trinajstić information content (AvgIpc) is 2.66. The minimum Gasteiger partial charge on any atom is -0.490 e. The molecule has 0 aromatic heterocycles. The Morgan fingerprint density at radius 2 is 1.76 bits per heavy atom. The summed E-state index contributed by atoms with van der Waals surface area (Å²) in [6.07, 6.45) is 0. The summed E-state index contributed by atoms with van der Waals surface area (Å²) in [5.74, 6) is -2.45. The predicted octanol–water partition coefficient (Wildman–Crippen LogP) is 4.27. The van der Waals surface area contributed by atoms with E-state index >= 15 is 0 Å². The molecule has 0 fully saturated rings. The molecule has 3 rings (SSSR count). The molecule has 2 atom stereocenters. The topological polar surface area (TPSA) is 76.1 Å². The number of carbonyl (C=O) groups excluding carboxylic acids is 1. The number of rotatable bonds is 6. The van der Waals surface area contributed by atoms with Gasteiger partial charge in [0.05, 0.1) is 19.3 Å². The van der Waals surface area contributed by atoms with Crippen LogP contribution in [0.5, 0.6) is 11.5 Å². The number of halogens is 2. The minimum atomic E-state index is -1.14. The van der Waals surface area contributed by atoms with E-state index in [0.717, 1.165) is 6.07 Å². The number of hydrogen-bond acceptors (Lipinski definition) is 4. The third-order valence-electron chi connectivity index (χ3n) is 4.88. The van der Waals surface area contributed by atoms with E-state index in [-0.39, 0.29) is 16.5 Å². The highest BCUT2D eigenvalue weighted by Gasteiger charge is 2.44. The van der Waals surface area contributed by atoms with Crippen molar-refractivity contribution in [3.8, 4) is 11.5 Å². The van der Waals surface area contributed by atoms with Crippen molar-refractivity contribution in [2.45, 2.75) is 25.8 Å². The number of fused-ring (bicyclic) bond motifs is 1. The van der Waals surface area contributed by atoms with Gasteiger partial charge in [-0.3, -0.25) is 9.59 Å². The Morgan fingerprint density at radius 1 is 1.14 bits per heavy atom. The van der Waals surface area contributed by atoms with E-state index in [1.54, 1.807) is 13.8 Å². The first-order valence-electron chi connectivity index (χ1n) is 9.18. The first kappa shape index (κ1) is 20.9. The van der Waals surface area contributed by atoms with E-state index in [2.05, 4.69) is 0 Å². The highest BCUT2D eigenvalue weighted by molar-refractivity contribution is 6.31. The van der Waals surface area contributed by atoms with Gasteiger partial charge in [0.25, 0.3) is 5.91 Å². The Kier molecular flexibility index (Phi) is 5.98. The molecule has 2 aromatic rings. The fourth-order valence-corrected chi connectivity index (χ4v) is 3.94. The maximum Gasteiger partial charge on any atom is 0.313 e. The van der Waals surface area contributed by atoms with Gasteiger partial charge in [0.2, 0.25) is 0 Å². The fraction of sp³-hybridized carbons (Fsp3) is 0.333. The van der Waals surface area contributed by atoms with Gasteiger partial charge in [-0.05, 0) is 49.2 Å².